The first kappa shape index (κ1) is 17.9. The van der Waals surface area contributed by atoms with Gasteiger partial charge in [-0.15, -0.1) is 0 Å². The summed E-state index contributed by atoms with van der Waals surface area (Å²) in [5.74, 6) is -1.13. The van der Waals surface area contributed by atoms with Crippen molar-refractivity contribution in [3.63, 3.8) is 0 Å². The Labute approximate surface area is 117 Å². The topological polar surface area (TPSA) is 103 Å². The standard InChI is InChI=1S/C12H20N2O6/c1-4-10(15)19-6-5-13-12(17)14-7-11(16)20-9(2)8-18-3/h4,9H,1,5-8H2,2-3H3,(H2,13,14,17). The summed E-state index contributed by atoms with van der Waals surface area (Å²) in [4.78, 5) is 33.2. The first-order chi connectivity index (χ1) is 9.49. The van der Waals surface area contributed by atoms with Gasteiger partial charge < -0.3 is 24.8 Å². The second kappa shape index (κ2) is 10.8. The van der Waals surface area contributed by atoms with Crippen LogP contribution in [-0.2, 0) is 23.8 Å². The van der Waals surface area contributed by atoms with Crippen LogP contribution in [0.4, 0.5) is 4.79 Å². The molecule has 0 spiro atoms. The van der Waals surface area contributed by atoms with E-state index in [4.69, 9.17) is 9.47 Å². The number of hydrogen-bond donors (Lipinski definition) is 2. The van der Waals surface area contributed by atoms with Gasteiger partial charge in [-0.05, 0) is 6.92 Å². The Balaban J connectivity index is 3.64. The van der Waals surface area contributed by atoms with Gasteiger partial charge in [0.15, 0.2) is 0 Å². The molecule has 0 aliphatic heterocycles. The molecule has 0 radical (unpaired) electrons. The summed E-state index contributed by atoms with van der Waals surface area (Å²) in [6.07, 6.45) is 0.646. The van der Waals surface area contributed by atoms with E-state index < -0.39 is 18.0 Å². The number of hydrogen-bond acceptors (Lipinski definition) is 6. The van der Waals surface area contributed by atoms with Crippen LogP contribution >= 0.6 is 0 Å². The molecule has 0 saturated heterocycles. The van der Waals surface area contributed by atoms with Crippen LogP contribution < -0.4 is 10.6 Å². The first-order valence-corrected chi connectivity index (χ1v) is 5.99. The lowest BCUT2D eigenvalue weighted by Gasteiger charge is -2.12. The number of esters is 2. The fourth-order valence-corrected chi connectivity index (χ4v) is 1.12. The molecule has 1 atom stereocenters. The van der Waals surface area contributed by atoms with Crippen molar-refractivity contribution in [1.82, 2.24) is 10.6 Å². The van der Waals surface area contributed by atoms with Gasteiger partial charge >= 0.3 is 18.0 Å². The summed E-state index contributed by atoms with van der Waals surface area (Å²) in [6.45, 7) is 5.08. The van der Waals surface area contributed by atoms with Crippen molar-refractivity contribution in [3.8, 4) is 0 Å². The maximum atomic E-state index is 11.3. The summed E-state index contributed by atoms with van der Waals surface area (Å²) in [7, 11) is 1.50. The number of nitrogens with one attached hydrogen (secondary N) is 2. The van der Waals surface area contributed by atoms with Gasteiger partial charge in [-0.2, -0.15) is 0 Å². The lowest BCUT2D eigenvalue weighted by atomic mass is 10.4. The van der Waals surface area contributed by atoms with E-state index in [9.17, 15) is 14.4 Å². The molecule has 0 aromatic heterocycles. The lowest BCUT2D eigenvalue weighted by molar-refractivity contribution is -0.149. The van der Waals surface area contributed by atoms with Crippen molar-refractivity contribution in [2.75, 3.05) is 33.4 Å². The highest BCUT2D eigenvalue weighted by Crippen LogP contribution is 1.91. The third-order valence-corrected chi connectivity index (χ3v) is 1.93. The second-order valence-corrected chi connectivity index (χ2v) is 3.74. The fraction of sp³-hybridized carbons (Fsp3) is 0.583. The number of methoxy groups -OCH3 is 1. The molecule has 0 bridgehead atoms. The van der Waals surface area contributed by atoms with Crippen molar-refractivity contribution < 1.29 is 28.6 Å². The molecule has 0 heterocycles. The van der Waals surface area contributed by atoms with Crippen molar-refractivity contribution in [3.05, 3.63) is 12.7 Å². The summed E-state index contributed by atoms with van der Waals surface area (Å²) in [5, 5.41) is 4.71. The first-order valence-electron chi connectivity index (χ1n) is 5.99. The zero-order valence-corrected chi connectivity index (χ0v) is 11.6. The van der Waals surface area contributed by atoms with Crippen molar-refractivity contribution in [1.29, 1.82) is 0 Å². The minimum Gasteiger partial charge on any atom is -0.461 e. The molecular weight excluding hydrogens is 268 g/mol. The largest absolute Gasteiger partial charge is 0.461 e. The van der Waals surface area contributed by atoms with Crippen molar-refractivity contribution in [2.24, 2.45) is 0 Å². The molecule has 20 heavy (non-hydrogen) atoms. The molecule has 0 saturated carbocycles. The molecule has 0 aromatic rings. The molecule has 8 heteroatoms. The highest BCUT2D eigenvalue weighted by molar-refractivity contribution is 5.81. The van der Waals surface area contributed by atoms with Crippen molar-refractivity contribution in [2.45, 2.75) is 13.0 Å². The van der Waals surface area contributed by atoms with Crippen LogP contribution in [0.2, 0.25) is 0 Å². The average molecular weight is 288 g/mol. The Morgan fingerprint density at radius 1 is 1.30 bits per heavy atom. The van der Waals surface area contributed by atoms with E-state index in [0.29, 0.717) is 0 Å². The number of amides is 2. The molecule has 1 unspecified atom stereocenters. The molecule has 2 N–H and O–H groups in total. The molecule has 0 aromatic carbocycles. The summed E-state index contributed by atoms with van der Waals surface area (Å²) >= 11 is 0. The number of carbonyl (C=O) groups is 3. The average Bonchev–Trinajstić information content (AvgIpc) is 2.41. The fourth-order valence-electron chi connectivity index (χ4n) is 1.12. The Bertz CT molecular complexity index is 345. The van der Waals surface area contributed by atoms with Gasteiger partial charge in [0.2, 0.25) is 0 Å². The zero-order valence-electron chi connectivity index (χ0n) is 11.6. The highest BCUT2D eigenvalue weighted by Gasteiger charge is 2.10. The van der Waals surface area contributed by atoms with E-state index in [0.717, 1.165) is 6.08 Å². The smallest absolute Gasteiger partial charge is 0.330 e. The van der Waals surface area contributed by atoms with Crippen LogP contribution in [0.5, 0.6) is 0 Å². The van der Waals surface area contributed by atoms with E-state index in [2.05, 4.69) is 21.9 Å². The zero-order chi connectivity index (χ0) is 15.4. The predicted octanol–water partition coefficient (Wildman–Crippen LogP) is -0.407. The van der Waals surface area contributed by atoms with Crippen LogP contribution in [0.3, 0.4) is 0 Å². The summed E-state index contributed by atoms with van der Waals surface area (Å²) in [6, 6.07) is -0.559. The number of urea groups is 1. The van der Waals surface area contributed by atoms with Gasteiger partial charge in [0, 0.05) is 13.2 Å². The second-order valence-electron chi connectivity index (χ2n) is 3.74. The number of carbonyl (C=O) groups excluding carboxylic acids is 3. The summed E-state index contributed by atoms with van der Waals surface area (Å²) < 4.78 is 14.4. The summed E-state index contributed by atoms with van der Waals surface area (Å²) in [5.41, 5.74) is 0. The molecule has 0 aliphatic rings. The lowest BCUT2D eigenvalue weighted by Crippen LogP contribution is -2.41. The van der Waals surface area contributed by atoms with E-state index >= 15 is 0 Å². The van der Waals surface area contributed by atoms with Gasteiger partial charge in [0.1, 0.15) is 19.3 Å². The quantitative estimate of drug-likeness (QED) is 0.340. The van der Waals surface area contributed by atoms with E-state index in [1.807, 2.05) is 0 Å². The van der Waals surface area contributed by atoms with Gasteiger partial charge in [-0.3, -0.25) is 4.79 Å². The third-order valence-electron chi connectivity index (χ3n) is 1.93. The minimum absolute atomic E-state index is 0.0214. The van der Waals surface area contributed by atoms with E-state index in [1.54, 1.807) is 6.92 Å². The Morgan fingerprint density at radius 3 is 2.60 bits per heavy atom. The van der Waals surface area contributed by atoms with Crippen LogP contribution in [0, 0.1) is 0 Å². The van der Waals surface area contributed by atoms with Gasteiger partial charge in [-0.1, -0.05) is 6.58 Å². The van der Waals surface area contributed by atoms with Gasteiger partial charge in [0.05, 0.1) is 13.2 Å². The van der Waals surface area contributed by atoms with Crippen LogP contribution in [0.1, 0.15) is 6.92 Å². The molecular formula is C12H20N2O6. The number of rotatable bonds is 9. The maximum absolute atomic E-state index is 11.3. The van der Waals surface area contributed by atoms with Gasteiger partial charge in [0.25, 0.3) is 0 Å². The van der Waals surface area contributed by atoms with E-state index in [1.165, 1.54) is 7.11 Å². The maximum Gasteiger partial charge on any atom is 0.330 e. The van der Waals surface area contributed by atoms with Crippen LogP contribution in [0.15, 0.2) is 12.7 Å². The monoisotopic (exact) mass is 288 g/mol. The normalized spacial score (nSPS) is 11.1. The highest BCUT2D eigenvalue weighted by atomic mass is 16.6. The van der Waals surface area contributed by atoms with Crippen LogP contribution in [0.25, 0.3) is 0 Å². The van der Waals surface area contributed by atoms with Crippen LogP contribution in [-0.4, -0.2) is 57.5 Å². The Morgan fingerprint density at radius 2 is 2.00 bits per heavy atom. The Hall–Kier alpha value is -2.09. The minimum atomic E-state index is -0.567. The number of ether oxygens (including phenoxy) is 3. The third kappa shape index (κ3) is 9.89. The van der Waals surface area contributed by atoms with E-state index in [-0.39, 0.29) is 32.4 Å². The van der Waals surface area contributed by atoms with Gasteiger partial charge in [-0.25, -0.2) is 9.59 Å². The predicted molar refractivity (Wildman–Crippen MR) is 70.0 cm³/mol. The van der Waals surface area contributed by atoms with Crippen molar-refractivity contribution >= 4 is 18.0 Å². The Kier molecular flexibility index (Phi) is 9.67. The molecule has 0 rings (SSSR count). The molecule has 114 valence electrons. The SMILES string of the molecule is C=CC(=O)OCCNC(=O)NCC(=O)OC(C)COC. The molecule has 2 amide bonds. The molecule has 0 aliphatic carbocycles. The molecule has 8 nitrogen and oxygen atoms in total. The molecule has 0 fully saturated rings.